The van der Waals surface area contributed by atoms with E-state index in [2.05, 4.69) is 10.3 Å². The minimum Gasteiger partial charge on any atom is -0.478 e. The molecule has 0 aliphatic heterocycles. The normalized spacial score (nSPS) is 11.1. The Morgan fingerprint density at radius 2 is 2.11 bits per heavy atom. The second-order valence-electron chi connectivity index (χ2n) is 4.80. The third-order valence-corrected chi connectivity index (χ3v) is 2.27. The predicted octanol–water partition coefficient (Wildman–Crippen LogP) is 1.24. The van der Waals surface area contributed by atoms with Gasteiger partial charge in [0.25, 0.3) is 0 Å². The molecule has 0 aromatic carbocycles. The maximum atomic E-state index is 11.6. The number of anilines is 1. The van der Waals surface area contributed by atoms with Crippen LogP contribution in [0.15, 0.2) is 18.5 Å². The van der Waals surface area contributed by atoms with Gasteiger partial charge in [-0.2, -0.15) is 0 Å². The number of hydrogen-bond donors (Lipinski definition) is 3. The van der Waals surface area contributed by atoms with Gasteiger partial charge in [0.2, 0.25) is 5.91 Å². The summed E-state index contributed by atoms with van der Waals surface area (Å²) in [4.78, 5) is 26.1. The Balaban J connectivity index is 2.59. The van der Waals surface area contributed by atoms with Crippen LogP contribution in [0.5, 0.6) is 0 Å². The number of amides is 1. The van der Waals surface area contributed by atoms with Crippen molar-refractivity contribution in [3.8, 4) is 0 Å². The van der Waals surface area contributed by atoms with E-state index < -0.39 is 11.5 Å². The summed E-state index contributed by atoms with van der Waals surface area (Å²) in [6.45, 7) is 3.68. The van der Waals surface area contributed by atoms with Gasteiger partial charge in [0.1, 0.15) is 0 Å². The lowest BCUT2D eigenvalue weighted by Gasteiger charge is -2.17. The van der Waals surface area contributed by atoms with E-state index in [0.29, 0.717) is 12.1 Å². The first-order chi connectivity index (χ1) is 8.28. The Labute approximate surface area is 105 Å². The second-order valence-corrected chi connectivity index (χ2v) is 4.80. The average molecular weight is 251 g/mol. The van der Waals surface area contributed by atoms with Crippen molar-refractivity contribution in [2.45, 2.75) is 32.2 Å². The fraction of sp³-hybridized carbons (Fsp3) is 0.417. The lowest BCUT2D eigenvalue weighted by atomic mass is 10.00. The van der Waals surface area contributed by atoms with Gasteiger partial charge in [0, 0.05) is 18.2 Å². The molecule has 1 amide bonds. The zero-order valence-corrected chi connectivity index (χ0v) is 10.4. The largest absolute Gasteiger partial charge is 0.478 e. The molecule has 18 heavy (non-hydrogen) atoms. The molecule has 0 fully saturated rings. The summed E-state index contributed by atoms with van der Waals surface area (Å²) in [5.41, 5.74) is 5.77. The van der Waals surface area contributed by atoms with Crippen molar-refractivity contribution in [2.75, 3.05) is 5.32 Å². The molecular weight excluding hydrogens is 234 g/mol. The summed E-state index contributed by atoms with van der Waals surface area (Å²) in [7, 11) is 0. The van der Waals surface area contributed by atoms with Crippen LogP contribution in [-0.2, 0) is 4.79 Å². The number of nitrogens with one attached hydrogen (secondary N) is 1. The summed E-state index contributed by atoms with van der Waals surface area (Å²) in [5.74, 6) is -1.29. The van der Waals surface area contributed by atoms with Crippen molar-refractivity contribution in [3.05, 3.63) is 24.0 Å². The first-order valence-corrected chi connectivity index (χ1v) is 5.55. The summed E-state index contributed by atoms with van der Waals surface area (Å²) >= 11 is 0. The molecule has 4 N–H and O–H groups in total. The molecule has 0 atom stereocenters. The molecule has 6 heteroatoms. The van der Waals surface area contributed by atoms with Gasteiger partial charge < -0.3 is 16.2 Å². The molecule has 0 aliphatic rings. The molecule has 1 heterocycles. The Bertz CT molecular complexity index is 452. The molecule has 1 aromatic heterocycles. The average Bonchev–Trinajstić information content (AvgIpc) is 2.26. The molecule has 0 spiro atoms. The number of aromatic carboxylic acids is 1. The molecule has 1 rings (SSSR count). The zero-order valence-electron chi connectivity index (χ0n) is 10.4. The van der Waals surface area contributed by atoms with Gasteiger partial charge in [-0.3, -0.25) is 9.78 Å². The quantitative estimate of drug-likeness (QED) is 0.730. The number of hydrogen-bond acceptors (Lipinski definition) is 4. The van der Waals surface area contributed by atoms with E-state index in [0.717, 1.165) is 0 Å². The summed E-state index contributed by atoms with van der Waals surface area (Å²) in [6, 6.07) is 1.36. The topological polar surface area (TPSA) is 105 Å². The molecule has 0 unspecified atom stereocenters. The Morgan fingerprint density at radius 3 is 2.67 bits per heavy atom. The van der Waals surface area contributed by atoms with Crippen molar-refractivity contribution in [1.29, 1.82) is 0 Å². The Morgan fingerprint density at radius 1 is 1.44 bits per heavy atom. The highest BCUT2D eigenvalue weighted by molar-refractivity contribution is 5.93. The van der Waals surface area contributed by atoms with Gasteiger partial charge >= 0.3 is 5.97 Å². The Hall–Kier alpha value is -1.95. The number of carboxylic acids is 1. The fourth-order valence-electron chi connectivity index (χ4n) is 1.28. The Kier molecular flexibility index (Phi) is 4.38. The van der Waals surface area contributed by atoms with Crippen LogP contribution in [0.3, 0.4) is 0 Å². The number of rotatable bonds is 5. The minimum absolute atomic E-state index is 0.0342. The second kappa shape index (κ2) is 5.59. The first kappa shape index (κ1) is 14.1. The molecule has 0 saturated heterocycles. The number of aromatic nitrogens is 1. The highest BCUT2D eigenvalue weighted by atomic mass is 16.4. The van der Waals surface area contributed by atoms with Crippen LogP contribution < -0.4 is 11.1 Å². The van der Waals surface area contributed by atoms with E-state index in [4.69, 9.17) is 10.8 Å². The lowest BCUT2D eigenvalue weighted by Crippen LogP contribution is -2.33. The van der Waals surface area contributed by atoms with Crippen LogP contribution in [0.2, 0.25) is 0 Å². The van der Waals surface area contributed by atoms with Gasteiger partial charge in [-0.05, 0) is 26.3 Å². The molecule has 0 aliphatic carbocycles. The van der Waals surface area contributed by atoms with E-state index in [1.165, 1.54) is 18.5 Å². The SMILES string of the molecule is CC(C)(N)CCC(=O)Nc1cncc(C(=O)O)c1. The number of carbonyl (C=O) groups excluding carboxylic acids is 1. The lowest BCUT2D eigenvalue weighted by molar-refractivity contribution is -0.116. The predicted molar refractivity (Wildman–Crippen MR) is 67.3 cm³/mol. The molecule has 6 nitrogen and oxygen atoms in total. The van der Waals surface area contributed by atoms with Crippen molar-refractivity contribution in [3.63, 3.8) is 0 Å². The van der Waals surface area contributed by atoms with Crippen LogP contribution in [0.4, 0.5) is 5.69 Å². The highest BCUT2D eigenvalue weighted by Crippen LogP contribution is 2.11. The maximum absolute atomic E-state index is 11.6. The van der Waals surface area contributed by atoms with Gasteiger partial charge in [-0.15, -0.1) is 0 Å². The van der Waals surface area contributed by atoms with E-state index in [9.17, 15) is 9.59 Å². The van der Waals surface area contributed by atoms with Gasteiger partial charge in [-0.1, -0.05) is 0 Å². The molecule has 0 bridgehead atoms. The van der Waals surface area contributed by atoms with Crippen molar-refractivity contribution in [1.82, 2.24) is 4.98 Å². The fourth-order valence-corrected chi connectivity index (χ4v) is 1.28. The molecule has 0 radical (unpaired) electrons. The van der Waals surface area contributed by atoms with Crippen molar-refractivity contribution < 1.29 is 14.7 Å². The van der Waals surface area contributed by atoms with Crippen molar-refractivity contribution >= 4 is 17.6 Å². The highest BCUT2D eigenvalue weighted by Gasteiger charge is 2.13. The standard InChI is InChI=1S/C12H17N3O3/c1-12(2,13)4-3-10(16)15-9-5-8(11(17)18)6-14-7-9/h5-7H,3-4,13H2,1-2H3,(H,15,16)(H,17,18). The maximum Gasteiger partial charge on any atom is 0.337 e. The van der Waals surface area contributed by atoms with Crippen LogP contribution in [-0.4, -0.2) is 27.5 Å². The van der Waals surface area contributed by atoms with Gasteiger partial charge in [0.05, 0.1) is 17.4 Å². The number of nitrogens with zero attached hydrogens (tertiary/aromatic N) is 1. The molecular formula is C12H17N3O3. The molecule has 0 saturated carbocycles. The number of carbonyl (C=O) groups is 2. The molecule has 98 valence electrons. The molecule has 1 aromatic rings. The zero-order chi connectivity index (χ0) is 13.8. The summed E-state index contributed by atoms with van der Waals surface area (Å²) in [6.07, 6.45) is 3.45. The monoisotopic (exact) mass is 251 g/mol. The smallest absolute Gasteiger partial charge is 0.337 e. The van der Waals surface area contributed by atoms with Gasteiger partial charge in [-0.25, -0.2) is 4.79 Å². The van der Waals surface area contributed by atoms with E-state index in [1.807, 2.05) is 13.8 Å². The minimum atomic E-state index is -1.08. The summed E-state index contributed by atoms with van der Waals surface area (Å²) < 4.78 is 0. The van der Waals surface area contributed by atoms with E-state index in [-0.39, 0.29) is 17.9 Å². The number of pyridine rings is 1. The first-order valence-electron chi connectivity index (χ1n) is 5.55. The van der Waals surface area contributed by atoms with Crippen LogP contribution in [0, 0.1) is 0 Å². The van der Waals surface area contributed by atoms with Crippen LogP contribution in [0.25, 0.3) is 0 Å². The van der Waals surface area contributed by atoms with Crippen LogP contribution in [0.1, 0.15) is 37.0 Å². The summed E-state index contributed by atoms with van der Waals surface area (Å²) in [5, 5.41) is 11.4. The van der Waals surface area contributed by atoms with E-state index in [1.54, 1.807) is 0 Å². The third kappa shape index (κ3) is 4.92. The van der Waals surface area contributed by atoms with Gasteiger partial charge in [0.15, 0.2) is 0 Å². The van der Waals surface area contributed by atoms with Crippen molar-refractivity contribution in [2.24, 2.45) is 5.73 Å². The van der Waals surface area contributed by atoms with E-state index >= 15 is 0 Å². The van der Waals surface area contributed by atoms with Crippen LogP contribution >= 0.6 is 0 Å². The number of carboxylic acid groups (broad SMARTS) is 1. The number of nitrogens with two attached hydrogens (primary N) is 1. The third-order valence-electron chi connectivity index (χ3n) is 2.27.